The second-order valence-corrected chi connectivity index (χ2v) is 11.4. The number of oxime groups is 1. The lowest BCUT2D eigenvalue weighted by molar-refractivity contribution is -0.159. The van der Waals surface area contributed by atoms with E-state index in [0.717, 1.165) is 82.7 Å². The summed E-state index contributed by atoms with van der Waals surface area (Å²) in [5.41, 5.74) is 1.88. The zero-order valence-corrected chi connectivity index (χ0v) is 21.7. The summed E-state index contributed by atoms with van der Waals surface area (Å²) in [7, 11) is 0. The zero-order valence-electron chi connectivity index (χ0n) is 21.7. The molecule has 0 radical (unpaired) electrons. The quantitative estimate of drug-likeness (QED) is 0.326. The molecule has 0 aromatic rings. The number of ether oxygens (including phenoxy) is 1. The Morgan fingerprint density at radius 1 is 1.05 bits per heavy atom. The lowest BCUT2D eigenvalue weighted by Gasteiger charge is -2.56. The zero-order chi connectivity index (χ0) is 26.8. The molecule has 10 heteroatoms. The van der Waals surface area contributed by atoms with Crippen LogP contribution in [0.3, 0.4) is 0 Å². The van der Waals surface area contributed by atoms with Crippen LogP contribution in [0.5, 0.6) is 0 Å². The number of hydrogen-bond acceptors (Lipinski definition) is 8. The van der Waals surface area contributed by atoms with E-state index in [1.54, 1.807) is 0 Å². The van der Waals surface area contributed by atoms with Crippen LogP contribution in [0.25, 0.3) is 0 Å². The molecule has 3 unspecified atom stereocenters. The normalized spacial score (nSPS) is 36.4. The predicted octanol–water partition coefficient (Wildman–Crippen LogP) is 2.56. The first-order valence-corrected chi connectivity index (χ1v) is 13.3. The minimum atomic E-state index is -1.82. The number of morpholine rings is 1. The number of allylic oxidation sites excluding steroid dienone is 1. The van der Waals surface area contributed by atoms with Crippen molar-refractivity contribution in [2.75, 3.05) is 39.5 Å². The van der Waals surface area contributed by atoms with E-state index in [-0.39, 0.29) is 16.6 Å². The number of aliphatic carboxylic acids is 2. The van der Waals surface area contributed by atoms with E-state index in [4.69, 9.17) is 29.4 Å². The van der Waals surface area contributed by atoms with Crippen molar-refractivity contribution in [2.45, 2.75) is 58.8 Å². The Balaban J connectivity index is 0.000000480. The van der Waals surface area contributed by atoms with Crippen LogP contribution < -0.4 is 0 Å². The summed E-state index contributed by atoms with van der Waals surface area (Å²) >= 11 is 0. The van der Waals surface area contributed by atoms with Gasteiger partial charge in [-0.25, -0.2) is 9.59 Å². The molecule has 5 rings (SSSR count). The summed E-state index contributed by atoms with van der Waals surface area (Å²) in [5.74, 6) is -1.55. The van der Waals surface area contributed by atoms with Gasteiger partial charge in [0.25, 0.3) is 0 Å². The Morgan fingerprint density at radius 3 is 2.41 bits per heavy atom. The van der Waals surface area contributed by atoms with Gasteiger partial charge in [0.1, 0.15) is 12.4 Å². The average Bonchev–Trinajstić information content (AvgIpc) is 3.18. The number of nitrogens with zero attached hydrogens (tertiary/aromatic N) is 2. The standard InChI is InChI=1S/C25H36N2O4.C2H2O4/c1-24-7-5-17(28)15-21(24)22(26-31-14-11-27-9-12-30-13-10-27)16-18-19-3-4-23(29)25(19,2)8-6-20(18)24;3-1(4)2(5)6/h15,18-20H,3-14,16H2,1-2H3;(H,3,4)(H,5,6)/b26-22+;/t18?,19?,20?,24-,25+;/m1./s1. The van der Waals surface area contributed by atoms with Gasteiger partial charge < -0.3 is 19.8 Å². The number of carboxylic acids is 2. The van der Waals surface area contributed by atoms with Crippen molar-refractivity contribution in [3.63, 3.8) is 0 Å². The SMILES string of the molecule is C[C@]12CCC(=O)C=C1/C(=N/OCCN1CCOCC1)CC1C2CC[C@]2(C)C(=O)CCC12.O=C(O)C(=O)O. The molecule has 4 aliphatic carbocycles. The molecule has 37 heavy (non-hydrogen) atoms. The monoisotopic (exact) mass is 518 g/mol. The molecule has 5 atom stereocenters. The minimum Gasteiger partial charge on any atom is -0.473 e. The Labute approximate surface area is 217 Å². The van der Waals surface area contributed by atoms with E-state index < -0.39 is 11.9 Å². The van der Waals surface area contributed by atoms with Gasteiger partial charge in [0.2, 0.25) is 0 Å². The van der Waals surface area contributed by atoms with E-state index in [1.165, 1.54) is 0 Å². The van der Waals surface area contributed by atoms with Gasteiger partial charge in [0, 0.05) is 37.9 Å². The van der Waals surface area contributed by atoms with Gasteiger partial charge in [0.05, 0.1) is 18.9 Å². The molecular formula is C27H38N2O8. The number of carbonyl (C=O) groups is 4. The number of carbonyl (C=O) groups excluding carboxylic acids is 2. The molecule has 204 valence electrons. The van der Waals surface area contributed by atoms with Gasteiger partial charge in [-0.2, -0.15) is 0 Å². The van der Waals surface area contributed by atoms with Crippen LogP contribution in [0.4, 0.5) is 0 Å². The first-order valence-electron chi connectivity index (χ1n) is 13.3. The van der Waals surface area contributed by atoms with Gasteiger partial charge in [-0.1, -0.05) is 19.0 Å². The van der Waals surface area contributed by atoms with Crippen LogP contribution in [0, 0.1) is 28.6 Å². The third-order valence-electron chi connectivity index (χ3n) is 9.48. The van der Waals surface area contributed by atoms with Gasteiger partial charge in [-0.15, -0.1) is 0 Å². The van der Waals surface area contributed by atoms with E-state index in [2.05, 4.69) is 23.9 Å². The molecule has 5 aliphatic rings. The van der Waals surface area contributed by atoms with Crippen LogP contribution in [0.2, 0.25) is 0 Å². The van der Waals surface area contributed by atoms with Crippen LogP contribution in [-0.2, 0) is 28.8 Å². The third-order valence-corrected chi connectivity index (χ3v) is 9.48. The highest BCUT2D eigenvalue weighted by molar-refractivity contribution is 6.27. The van der Waals surface area contributed by atoms with E-state index in [0.29, 0.717) is 36.6 Å². The fourth-order valence-corrected chi connectivity index (χ4v) is 7.39. The molecule has 1 aliphatic heterocycles. The number of carboxylic acid groups (broad SMARTS) is 2. The van der Waals surface area contributed by atoms with E-state index in [9.17, 15) is 9.59 Å². The maximum absolute atomic E-state index is 12.7. The maximum Gasteiger partial charge on any atom is 0.414 e. The summed E-state index contributed by atoms with van der Waals surface area (Å²) in [6.07, 6.45) is 8.02. The van der Waals surface area contributed by atoms with E-state index >= 15 is 0 Å². The molecule has 1 saturated heterocycles. The topological polar surface area (TPSA) is 143 Å². The Kier molecular flexibility index (Phi) is 8.18. The molecule has 0 spiro atoms. The maximum atomic E-state index is 12.7. The highest BCUT2D eigenvalue weighted by Crippen LogP contribution is 2.63. The molecule has 0 aromatic heterocycles. The highest BCUT2D eigenvalue weighted by atomic mass is 16.6. The Morgan fingerprint density at radius 2 is 1.73 bits per heavy atom. The number of Topliss-reactive ketones (excluding diaryl/α,β-unsaturated/α-hetero) is 1. The van der Waals surface area contributed by atoms with Gasteiger partial charge >= 0.3 is 11.9 Å². The summed E-state index contributed by atoms with van der Waals surface area (Å²) in [6.45, 7) is 9.38. The van der Waals surface area contributed by atoms with Crippen molar-refractivity contribution in [1.82, 2.24) is 4.90 Å². The average molecular weight is 519 g/mol. The van der Waals surface area contributed by atoms with Gasteiger partial charge in [-0.05, 0) is 66.9 Å². The molecule has 0 amide bonds. The second-order valence-electron chi connectivity index (χ2n) is 11.4. The highest BCUT2D eigenvalue weighted by Gasteiger charge is 2.60. The molecule has 0 bridgehead atoms. The summed E-state index contributed by atoms with van der Waals surface area (Å²) in [6, 6.07) is 0. The van der Waals surface area contributed by atoms with Crippen LogP contribution in [0.1, 0.15) is 58.8 Å². The number of hydrogen-bond donors (Lipinski definition) is 2. The largest absolute Gasteiger partial charge is 0.473 e. The van der Waals surface area contributed by atoms with Crippen LogP contribution >= 0.6 is 0 Å². The molecule has 0 aromatic carbocycles. The molecule has 1 heterocycles. The lowest BCUT2D eigenvalue weighted by atomic mass is 9.47. The van der Waals surface area contributed by atoms with Crippen LogP contribution in [-0.4, -0.2) is 83.8 Å². The number of ketones is 2. The number of rotatable bonds is 4. The van der Waals surface area contributed by atoms with Crippen molar-refractivity contribution in [1.29, 1.82) is 0 Å². The van der Waals surface area contributed by atoms with Gasteiger partial charge in [0.15, 0.2) is 5.78 Å². The van der Waals surface area contributed by atoms with Crippen molar-refractivity contribution in [3.8, 4) is 0 Å². The summed E-state index contributed by atoms with van der Waals surface area (Å²) < 4.78 is 5.41. The van der Waals surface area contributed by atoms with Gasteiger partial charge in [-0.3, -0.25) is 14.5 Å². The fourth-order valence-electron chi connectivity index (χ4n) is 7.39. The van der Waals surface area contributed by atoms with Crippen molar-refractivity contribution >= 4 is 29.2 Å². The van der Waals surface area contributed by atoms with Crippen molar-refractivity contribution in [3.05, 3.63) is 11.6 Å². The Bertz CT molecular complexity index is 988. The number of fused-ring (bicyclic) bond motifs is 5. The molecule has 10 nitrogen and oxygen atoms in total. The summed E-state index contributed by atoms with van der Waals surface area (Å²) in [5, 5.41) is 19.4. The fraction of sp³-hybridized carbons (Fsp3) is 0.741. The lowest BCUT2D eigenvalue weighted by Crippen LogP contribution is -2.53. The first kappa shape index (κ1) is 27.4. The van der Waals surface area contributed by atoms with Crippen LogP contribution in [0.15, 0.2) is 16.8 Å². The first-order chi connectivity index (χ1) is 17.6. The summed E-state index contributed by atoms with van der Waals surface area (Å²) in [4.78, 5) is 51.4. The predicted molar refractivity (Wildman–Crippen MR) is 133 cm³/mol. The van der Waals surface area contributed by atoms with Crippen molar-refractivity contribution in [2.24, 2.45) is 33.7 Å². The molecule has 4 fully saturated rings. The van der Waals surface area contributed by atoms with Crippen molar-refractivity contribution < 1.29 is 39.0 Å². The molecule has 3 saturated carbocycles. The Hall–Kier alpha value is -2.59. The molecular weight excluding hydrogens is 480 g/mol. The third kappa shape index (κ3) is 5.50. The molecule has 2 N–H and O–H groups in total. The minimum absolute atomic E-state index is 0.0316. The second kappa shape index (κ2) is 11.0. The smallest absolute Gasteiger partial charge is 0.414 e. The van der Waals surface area contributed by atoms with E-state index in [1.807, 2.05) is 6.08 Å².